The van der Waals surface area contributed by atoms with Crippen molar-refractivity contribution in [1.29, 1.82) is 5.26 Å². The van der Waals surface area contributed by atoms with Gasteiger partial charge in [-0.15, -0.1) is 0 Å². The fraction of sp³-hybridized carbons (Fsp3) is 0.364. The maximum absolute atomic E-state index is 13.1. The molecule has 2 aromatic rings. The number of amides is 1. The summed E-state index contributed by atoms with van der Waals surface area (Å²) >= 11 is 6.67. The van der Waals surface area contributed by atoms with Gasteiger partial charge in [0.05, 0.1) is 17.7 Å². The third-order valence-electron chi connectivity index (χ3n) is 5.61. The molecule has 9 heteroatoms. The average Bonchev–Trinajstić information content (AvgIpc) is 3.50. The zero-order valence-electron chi connectivity index (χ0n) is 17.4. The summed E-state index contributed by atoms with van der Waals surface area (Å²) in [5, 5.41) is 9.63. The highest BCUT2D eigenvalue weighted by molar-refractivity contribution is 8.26. The Balaban J connectivity index is 1.83. The first-order valence-corrected chi connectivity index (χ1v) is 11.4. The second kappa shape index (κ2) is 8.73. The SMILES string of the molecule is CCn1c(N2CCCC2)c(C=C2SC(=S)N(Cc3ccco3)C2=O)c(C)c(C#N)c1=O. The number of anilines is 1. The Hall–Kier alpha value is -2.83. The van der Waals surface area contributed by atoms with Gasteiger partial charge in [-0.25, -0.2) is 0 Å². The molecule has 4 heterocycles. The van der Waals surface area contributed by atoms with E-state index < -0.39 is 0 Å². The monoisotopic (exact) mass is 454 g/mol. The van der Waals surface area contributed by atoms with E-state index in [-0.39, 0.29) is 23.6 Å². The number of thiocarbonyl (C=S) groups is 1. The third kappa shape index (κ3) is 3.82. The van der Waals surface area contributed by atoms with Crippen LogP contribution in [0.25, 0.3) is 6.08 Å². The topological polar surface area (TPSA) is 82.5 Å². The molecule has 7 nitrogen and oxygen atoms in total. The van der Waals surface area contributed by atoms with E-state index in [0.29, 0.717) is 27.1 Å². The summed E-state index contributed by atoms with van der Waals surface area (Å²) in [4.78, 5) is 30.2. The van der Waals surface area contributed by atoms with Crippen LogP contribution in [0, 0.1) is 18.3 Å². The van der Waals surface area contributed by atoms with Gasteiger partial charge < -0.3 is 9.32 Å². The first kappa shape index (κ1) is 21.4. The number of aromatic nitrogens is 1. The van der Waals surface area contributed by atoms with Gasteiger partial charge in [0.15, 0.2) is 0 Å². The Morgan fingerprint density at radius 2 is 2.06 bits per heavy atom. The van der Waals surface area contributed by atoms with E-state index in [0.717, 1.165) is 37.3 Å². The first-order chi connectivity index (χ1) is 15.0. The van der Waals surface area contributed by atoms with Crippen LogP contribution in [0.15, 0.2) is 32.5 Å². The van der Waals surface area contributed by atoms with Gasteiger partial charge in [-0.3, -0.25) is 19.1 Å². The molecule has 2 aromatic heterocycles. The van der Waals surface area contributed by atoms with Crippen molar-refractivity contribution in [2.75, 3.05) is 18.0 Å². The molecule has 0 N–H and O–H groups in total. The van der Waals surface area contributed by atoms with Crippen molar-refractivity contribution in [2.45, 2.75) is 39.8 Å². The summed E-state index contributed by atoms with van der Waals surface area (Å²) in [6, 6.07) is 5.63. The standard InChI is InChI=1S/C22H22N4O3S2/c1-3-25-19(24-8-4-5-9-24)16(14(2)17(12-23)20(25)27)11-18-21(28)26(22(30)31-18)13-15-7-6-10-29-15/h6-7,10-11H,3-5,8-9,13H2,1-2H3. The highest BCUT2D eigenvalue weighted by atomic mass is 32.2. The largest absolute Gasteiger partial charge is 0.467 e. The van der Waals surface area contributed by atoms with E-state index >= 15 is 0 Å². The van der Waals surface area contributed by atoms with Crippen molar-refractivity contribution >= 4 is 46.1 Å². The van der Waals surface area contributed by atoms with Crippen LogP contribution in [-0.2, 0) is 17.9 Å². The summed E-state index contributed by atoms with van der Waals surface area (Å²) in [7, 11) is 0. The van der Waals surface area contributed by atoms with Crippen LogP contribution in [-0.4, -0.2) is 32.8 Å². The Labute approximate surface area is 189 Å². The molecule has 160 valence electrons. The molecule has 2 aliphatic heterocycles. The molecule has 4 rings (SSSR count). The minimum atomic E-state index is -0.285. The molecule has 2 fully saturated rings. The zero-order chi connectivity index (χ0) is 22.1. The summed E-state index contributed by atoms with van der Waals surface area (Å²) in [6.07, 6.45) is 5.44. The highest BCUT2D eigenvalue weighted by Crippen LogP contribution is 2.37. The van der Waals surface area contributed by atoms with Gasteiger partial charge in [0.25, 0.3) is 11.5 Å². The van der Waals surface area contributed by atoms with Gasteiger partial charge in [-0.1, -0.05) is 24.0 Å². The first-order valence-electron chi connectivity index (χ1n) is 10.2. The normalized spacial score (nSPS) is 17.8. The third-order valence-corrected chi connectivity index (χ3v) is 6.99. The Morgan fingerprint density at radius 1 is 1.32 bits per heavy atom. The van der Waals surface area contributed by atoms with Gasteiger partial charge >= 0.3 is 0 Å². The lowest BCUT2D eigenvalue weighted by molar-refractivity contribution is -0.122. The van der Waals surface area contributed by atoms with Crippen LogP contribution in [0.5, 0.6) is 0 Å². The number of pyridine rings is 1. The Morgan fingerprint density at radius 3 is 2.68 bits per heavy atom. The van der Waals surface area contributed by atoms with Crippen molar-refractivity contribution in [3.63, 3.8) is 0 Å². The molecule has 0 aromatic carbocycles. The fourth-order valence-electron chi connectivity index (χ4n) is 4.03. The second-order valence-electron chi connectivity index (χ2n) is 7.44. The highest BCUT2D eigenvalue weighted by Gasteiger charge is 2.34. The molecule has 1 amide bonds. The van der Waals surface area contributed by atoms with Crippen molar-refractivity contribution in [2.24, 2.45) is 0 Å². The predicted octanol–water partition coefficient (Wildman–Crippen LogP) is 3.64. The number of nitriles is 1. The number of rotatable bonds is 5. The number of nitrogens with zero attached hydrogens (tertiary/aromatic N) is 4. The van der Waals surface area contributed by atoms with Crippen molar-refractivity contribution in [3.05, 3.63) is 56.1 Å². The second-order valence-corrected chi connectivity index (χ2v) is 9.12. The molecular weight excluding hydrogens is 432 g/mol. The van der Waals surface area contributed by atoms with E-state index in [1.165, 1.54) is 16.7 Å². The molecule has 0 aliphatic carbocycles. The van der Waals surface area contributed by atoms with E-state index in [2.05, 4.69) is 11.0 Å². The summed E-state index contributed by atoms with van der Waals surface area (Å²) < 4.78 is 7.46. The lowest BCUT2D eigenvalue weighted by atomic mass is 10.0. The number of hydrogen-bond donors (Lipinski definition) is 0. The van der Waals surface area contributed by atoms with Crippen LogP contribution in [0.1, 0.15) is 42.2 Å². The molecule has 2 aliphatic rings. The molecule has 31 heavy (non-hydrogen) atoms. The zero-order valence-corrected chi connectivity index (χ0v) is 19.0. The van der Waals surface area contributed by atoms with Gasteiger partial charge in [0, 0.05) is 25.2 Å². The molecule has 0 atom stereocenters. The van der Waals surface area contributed by atoms with Crippen LogP contribution in [0.2, 0.25) is 0 Å². The van der Waals surface area contributed by atoms with E-state index in [9.17, 15) is 14.9 Å². The summed E-state index contributed by atoms with van der Waals surface area (Å²) in [5.74, 6) is 1.22. The number of furan rings is 1. The van der Waals surface area contributed by atoms with Crippen molar-refractivity contribution in [1.82, 2.24) is 9.47 Å². The number of carbonyl (C=O) groups is 1. The van der Waals surface area contributed by atoms with Crippen molar-refractivity contribution < 1.29 is 9.21 Å². The smallest absolute Gasteiger partial charge is 0.270 e. The minimum Gasteiger partial charge on any atom is -0.467 e. The molecule has 2 saturated heterocycles. The Kier molecular flexibility index (Phi) is 6.03. The molecule has 0 spiro atoms. The fourth-order valence-corrected chi connectivity index (χ4v) is 5.27. The lowest BCUT2D eigenvalue weighted by Gasteiger charge is -2.26. The Bertz CT molecular complexity index is 1170. The van der Waals surface area contributed by atoms with Gasteiger partial charge in [0.1, 0.15) is 27.5 Å². The van der Waals surface area contributed by atoms with E-state index in [1.54, 1.807) is 36.0 Å². The number of thioether (sulfide) groups is 1. The number of hydrogen-bond acceptors (Lipinski definition) is 7. The lowest BCUT2D eigenvalue weighted by Crippen LogP contribution is -2.32. The average molecular weight is 455 g/mol. The van der Waals surface area contributed by atoms with Gasteiger partial charge in [-0.05, 0) is 50.5 Å². The van der Waals surface area contributed by atoms with E-state index in [4.69, 9.17) is 16.6 Å². The summed E-state index contributed by atoms with van der Waals surface area (Å²) in [6.45, 7) is 6.06. The minimum absolute atomic E-state index is 0.113. The number of carbonyl (C=O) groups excluding carboxylic acids is 1. The molecule has 0 radical (unpaired) electrons. The van der Waals surface area contributed by atoms with Crippen LogP contribution in [0.4, 0.5) is 5.82 Å². The molecule has 0 saturated carbocycles. The maximum atomic E-state index is 13.1. The van der Waals surface area contributed by atoms with Crippen LogP contribution < -0.4 is 10.5 Å². The maximum Gasteiger partial charge on any atom is 0.270 e. The molecular formula is C22H22N4O3S2. The molecule has 0 unspecified atom stereocenters. The molecule has 0 bridgehead atoms. The quantitative estimate of drug-likeness (QED) is 0.504. The van der Waals surface area contributed by atoms with Crippen LogP contribution in [0.3, 0.4) is 0 Å². The van der Waals surface area contributed by atoms with Gasteiger partial charge in [0.2, 0.25) is 0 Å². The van der Waals surface area contributed by atoms with Crippen LogP contribution >= 0.6 is 24.0 Å². The van der Waals surface area contributed by atoms with Crippen molar-refractivity contribution in [3.8, 4) is 6.07 Å². The van der Waals surface area contributed by atoms with Gasteiger partial charge in [-0.2, -0.15) is 5.26 Å². The van der Waals surface area contributed by atoms with E-state index in [1.807, 2.05) is 6.92 Å². The summed E-state index contributed by atoms with van der Waals surface area (Å²) in [5.41, 5.74) is 1.16. The predicted molar refractivity (Wildman–Crippen MR) is 125 cm³/mol.